The lowest BCUT2D eigenvalue weighted by molar-refractivity contribution is -0.123. The van der Waals surface area contributed by atoms with E-state index >= 15 is 0 Å². The summed E-state index contributed by atoms with van der Waals surface area (Å²) < 4.78 is 0. The van der Waals surface area contributed by atoms with Crippen molar-refractivity contribution < 1.29 is 9.59 Å². The number of rotatable bonds is 14. The minimum atomic E-state index is -0.622. The molecule has 1 aliphatic rings. The highest BCUT2D eigenvalue weighted by atomic mass is 35.5. The van der Waals surface area contributed by atoms with Crippen LogP contribution in [0.15, 0.2) is 140 Å². The molecule has 3 atom stereocenters. The summed E-state index contributed by atoms with van der Waals surface area (Å²) in [5.74, 6) is 0.184. The first-order valence-corrected chi connectivity index (χ1v) is 16.3. The Morgan fingerprint density at radius 1 is 0.638 bits per heavy atom. The molecule has 6 rings (SSSR count). The van der Waals surface area contributed by atoms with Crippen LogP contribution >= 0.6 is 12.4 Å². The van der Waals surface area contributed by atoms with Crippen molar-refractivity contribution in [1.29, 1.82) is 0 Å². The van der Waals surface area contributed by atoms with Gasteiger partial charge >= 0.3 is 0 Å². The van der Waals surface area contributed by atoms with E-state index in [0.29, 0.717) is 30.5 Å². The summed E-state index contributed by atoms with van der Waals surface area (Å²) in [6.07, 6.45) is 3.50. The Balaban J connectivity index is 0.00000433. The van der Waals surface area contributed by atoms with Gasteiger partial charge in [-0.25, -0.2) is 0 Å². The van der Waals surface area contributed by atoms with Crippen LogP contribution in [0.2, 0.25) is 0 Å². The van der Waals surface area contributed by atoms with Crippen LogP contribution in [-0.4, -0.2) is 30.4 Å². The zero-order valence-electron chi connectivity index (χ0n) is 26.5. The monoisotopic (exact) mass is 643 g/mol. The summed E-state index contributed by atoms with van der Waals surface area (Å²) in [5.41, 5.74) is 7.37. The normalized spacial score (nSPS) is 15.6. The van der Waals surface area contributed by atoms with Crippen molar-refractivity contribution in [1.82, 2.24) is 16.0 Å². The van der Waals surface area contributed by atoms with Crippen molar-refractivity contribution in [2.24, 2.45) is 0 Å². The first kappa shape index (κ1) is 33.6. The average Bonchev–Trinajstić information content (AvgIpc) is 3.91. The Kier molecular flexibility index (Phi) is 12.0. The average molecular weight is 644 g/mol. The number of carbonyl (C=O) groups is 2. The van der Waals surface area contributed by atoms with E-state index in [2.05, 4.69) is 70.5 Å². The van der Waals surface area contributed by atoms with Crippen LogP contribution in [0.1, 0.15) is 53.1 Å². The number of amides is 2. The lowest BCUT2D eigenvalue weighted by Crippen LogP contribution is -2.46. The van der Waals surface area contributed by atoms with Gasteiger partial charge in [0, 0.05) is 24.1 Å². The first-order valence-electron chi connectivity index (χ1n) is 16.3. The van der Waals surface area contributed by atoms with Gasteiger partial charge < -0.3 is 16.0 Å². The number of nitrogens with one attached hydrogen (secondary N) is 3. The topological polar surface area (TPSA) is 70.2 Å². The van der Waals surface area contributed by atoms with E-state index in [4.69, 9.17) is 0 Å². The standard InChI is InChI=1S/C41H41N3O2.ClH/c45-40(36-25-23-34(24-26-36)32-14-6-2-7-15-32)44-38(18-10-11-27-42-39-28-37(39)35-16-8-3-9-17-35)41(46)43-29-30-19-21-33(22-20-30)31-12-4-1-5-13-31;/h1-9,12-17,19-26,37-39,42H,10-11,18,27-29H2,(H,43,46)(H,44,45);1H/t37-,38?,39+;/m0./s1. The summed E-state index contributed by atoms with van der Waals surface area (Å²) in [7, 11) is 0. The molecule has 2 amide bonds. The molecule has 1 aliphatic carbocycles. The Hall–Kier alpha value is -4.71. The third-order valence-electron chi connectivity index (χ3n) is 8.75. The molecule has 1 unspecified atom stereocenters. The Morgan fingerprint density at radius 3 is 1.77 bits per heavy atom. The first-order chi connectivity index (χ1) is 22.6. The number of unbranched alkanes of at least 4 members (excludes halogenated alkanes) is 1. The molecule has 0 saturated heterocycles. The van der Waals surface area contributed by atoms with E-state index < -0.39 is 6.04 Å². The van der Waals surface area contributed by atoms with Crippen molar-refractivity contribution in [2.75, 3.05) is 6.54 Å². The van der Waals surface area contributed by atoms with Crippen LogP contribution in [0.5, 0.6) is 0 Å². The maximum Gasteiger partial charge on any atom is 0.251 e. The Labute approximate surface area is 284 Å². The molecule has 0 aliphatic heterocycles. The van der Waals surface area contributed by atoms with Gasteiger partial charge in [-0.2, -0.15) is 0 Å². The SMILES string of the molecule is Cl.O=C(NC(CCCCN[C@@H]1C[C@H]1c1ccccc1)C(=O)NCc1ccc(-c2ccccc2)cc1)c1ccc(-c2ccccc2)cc1. The molecule has 0 aromatic heterocycles. The summed E-state index contributed by atoms with van der Waals surface area (Å²) in [6, 6.07) is 46.6. The maximum absolute atomic E-state index is 13.5. The van der Waals surface area contributed by atoms with Gasteiger partial charge in [0.05, 0.1) is 0 Å². The van der Waals surface area contributed by atoms with Gasteiger partial charge in [-0.1, -0.05) is 127 Å². The van der Waals surface area contributed by atoms with Crippen molar-refractivity contribution in [3.8, 4) is 22.3 Å². The van der Waals surface area contributed by atoms with Crippen LogP contribution in [-0.2, 0) is 11.3 Å². The molecule has 240 valence electrons. The van der Waals surface area contributed by atoms with E-state index in [0.717, 1.165) is 47.2 Å². The highest BCUT2D eigenvalue weighted by Crippen LogP contribution is 2.40. The molecular formula is C41H42ClN3O2. The number of hydrogen-bond donors (Lipinski definition) is 3. The predicted octanol–water partition coefficient (Wildman–Crippen LogP) is 8.17. The van der Waals surface area contributed by atoms with Gasteiger partial charge in [-0.05, 0) is 77.7 Å². The fourth-order valence-corrected chi connectivity index (χ4v) is 5.96. The largest absolute Gasteiger partial charge is 0.350 e. The predicted molar refractivity (Wildman–Crippen MR) is 194 cm³/mol. The molecule has 6 heteroatoms. The van der Waals surface area contributed by atoms with E-state index in [1.165, 1.54) is 12.0 Å². The third kappa shape index (κ3) is 9.41. The van der Waals surface area contributed by atoms with Gasteiger partial charge in [-0.15, -0.1) is 12.4 Å². The molecule has 5 nitrogen and oxygen atoms in total. The van der Waals surface area contributed by atoms with Crippen LogP contribution in [0.25, 0.3) is 22.3 Å². The van der Waals surface area contributed by atoms with Crippen molar-refractivity contribution >= 4 is 24.2 Å². The number of halogens is 1. The molecule has 0 spiro atoms. The molecule has 5 aromatic rings. The van der Waals surface area contributed by atoms with Gasteiger partial charge in [-0.3, -0.25) is 9.59 Å². The minimum absolute atomic E-state index is 0. The highest BCUT2D eigenvalue weighted by Gasteiger charge is 2.37. The number of hydrogen-bond acceptors (Lipinski definition) is 3. The second kappa shape index (κ2) is 16.7. The lowest BCUT2D eigenvalue weighted by atomic mass is 10.0. The molecule has 3 N–H and O–H groups in total. The maximum atomic E-state index is 13.5. The quantitative estimate of drug-likeness (QED) is 0.107. The van der Waals surface area contributed by atoms with Crippen LogP contribution in [0.3, 0.4) is 0 Å². The molecule has 0 bridgehead atoms. The second-order valence-corrected chi connectivity index (χ2v) is 12.1. The Morgan fingerprint density at radius 2 is 1.17 bits per heavy atom. The van der Waals surface area contributed by atoms with Crippen LogP contribution in [0.4, 0.5) is 0 Å². The molecule has 1 saturated carbocycles. The van der Waals surface area contributed by atoms with Crippen LogP contribution < -0.4 is 16.0 Å². The molecule has 0 heterocycles. The van der Waals surface area contributed by atoms with Crippen LogP contribution in [0, 0.1) is 0 Å². The summed E-state index contributed by atoms with van der Waals surface area (Å²) in [6.45, 7) is 1.29. The van der Waals surface area contributed by atoms with Crippen molar-refractivity contribution in [2.45, 2.75) is 50.2 Å². The number of carbonyl (C=O) groups excluding carboxylic acids is 2. The Bertz CT molecular complexity index is 1700. The smallest absolute Gasteiger partial charge is 0.251 e. The van der Waals surface area contributed by atoms with E-state index in [-0.39, 0.29) is 24.2 Å². The summed E-state index contributed by atoms with van der Waals surface area (Å²) in [5, 5.41) is 9.77. The van der Waals surface area contributed by atoms with Gasteiger partial charge in [0.15, 0.2) is 0 Å². The van der Waals surface area contributed by atoms with Gasteiger partial charge in [0.1, 0.15) is 6.04 Å². The van der Waals surface area contributed by atoms with E-state index in [9.17, 15) is 9.59 Å². The minimum Gasteiger partial charge on any atom is -0.350 e. The van der Waals surface area contributed by atoms with Gasteiger partial charge in [0.25, 0.3) is 5.91 Å². The fourth-order valence-electron chi connectivity index (χ4n) is 5.96. The van der Waals surface area contributed by atoms with E-state index in [1.54, 1.807) is 0 Å². The van der Waals surface area contributed by atoms with Gasteiger partial charge in [0.2, 0.25) is 5.91 Å². The zero-order chi connectivity index (χ0) is 31.6. The fraction of sp³-hybridized carbons (Fsp3) is 0.220. The molecule has 0 radical (unpaired) electrons. The molecule has 5 aromatic carbocycles. The molecule has 1 fully saturated rings. The zero-order valence-corrected chi connectivity index (χ0v) is 27.3. The summed E-state index contributed by atoms with van der Waals surface area (Å²) >= 11 is 0. The molecular weight excluding hydrogens is 602 g/mol. The highest BCUT2D eigenvalue weighted by molar-refractivity contribution is 5.97. The lowest BCUT2D eigenvalue weighted by Gasteiger charge is -2.19. The van der Waals surface area contributed by atoms with Crippen molar-refractivity contribution in [3.63, 3.8) is 0 Å². The number of benzene rings is 5. The second-order valence-electron chi connectivity index (χ2n) is 12.1. The molecule has 47 heavy (non-hydrogen) atoms. The van der Waals surface area contributed by atoms with Crippen molar-refractivity contribution in [3.05, 3.63) is 156 Å². The summed E-state index contributed by atoms with van der Waals surface area (Å²) in [4.78, 5) is 26.8. The van der Waals surface area contributed by atoms with E-state index in [1.807, 2.05) is 84.9 Å². The third-order valence-corrected chi connectivity index (χ3v) is 8.75.